The molecular weight excluding hydrogens is 384 g/mol. The van der Waals surface area contributed by atoms with Crippen LogP contribution in [0.5, 0.6) is 0 Å². The molecule has 0 atom stereocenters. The van der Waals surface area contributed by atoms with E-state index in [4.69, 9.17) is 9.98 Å². The zero-order valence-corrected chi connectivity index (χ0v) is 19.7. The molecule has 0 spiro atoms. The molecule has 29 heavy (non-hydrogen) atoms. The third-order valence-corrected chi connectivity index (χ3v) is 5.95. The first-order valence-corrected chi connectivity index (χ1v) is 11.5. The number of carbonyl (C=O) groups is 1. The number of aliphatic imine (C=N–C) groups is 1. The molecule has 0 radical (unpaired) electrons. The topological polar surface area (TPSA) is 72.9 Å². The van der Waals surface area contributed by atoms with Crippen LogP contribution in [0.4, 0.5) is 0 Å². The van der Waals surface area contributed by atoms with Crippen LogP contribution in [0.1, 0.15) is 51.2 Å². The van der Waals surface area contributed by atoms with E-state index in [0.717, 1.165) is 62.1 Å². The van der Waals surface area contributed by atoms with Crippen LogP contribution in [0.25, 0.3) is 0 Å². The quantitative estimate of drug-likeness (QED) is 0.520. The second-order valence-electron chi connectivity index (χ2n) is 8.87. The first-order chi connectivity index (χ1) is 13.7. The minimum atomic E-state index is 0.0977. The van der Waals surface area contributed by atoms with Gasteiger partial charge >= 0.3 is 0 Å². The SMILES string of the molecule is CCNC(=NCCc1nc(C(C)(C)C)cs1)NC1CCN(CC(=O)N(C)C)CC1. The van der Waals surface area contributed by atoms with E-state index in [1.807, 2.05) is 14.1 Å². The number of carbonyl (C=O) groups excluding carboxylic acids is 1. The van der Waals surface area contributed by atoms with Crippen molar-refractivity contribution < 1.29 is 4.79 Å². The minimum absolute atomic E-state index is 0.0977. The van der Waals surface area contributed by atoms with Crippen LogP contribution in [-0.4, -0.2) is 79.5 Å². The first-order valence-electron chi connectivity index (χ1n) is 10.6. The molecule has 1 aliphatic heterocycles. The van der Waals surface area contributed by atoms with E-state index in [-0.39, 0.29) is 11.3 Å². The van der Waals surface area contributed by atoms with Gasteiger partial charge in [-0.2, -0.15) is 0 Å². The molecule has 0 bridgehead atoms. The lowest BCUT2D eigenvalue weighted by Gasteiger charge is -2.33. The summed E-state index contributed by atoms with van der Waals surface area (Å²) >= 11 is 1.73. The Morgan fingerprint density at radius 1 is 1.34 bits per heavy atom. The summed E-state index contributed by atoms with van der Waals surface area (Å²) in [5.41, 5.74) is 1.26. The molecule has 2 rings (SSSR count). The summed E-state index contributed by atoms with van der Waals surface area (Å²) in [7, 11) is 3.62. The summed E-state index contributed by atoms with van der Waals surface area (Å²) in [6.45, 7) is 12.6. The Kier molecular flexibility index (Phi) is 8.89. The molecule has 0 saturated carbocycles. The Labute approximate surface area is 180 Å². The standard InChI is InChI=1S/C21H38N6OS/c1-7-22-20(23-11-8-18-25-17(15-29-18)21(2,3)4)24-16-9-12-27(13-10-16)14-19(28)26(5)6/h15-16H,7-14H2,1-6H3,(H2,22,23,24). The summed E-state index contributed by atoms with van der Waals surface area (Å²) in [6.07, 6.45) is 2.90. The maximum absolute atomic E-state index is 11.9. The van der Waals surface area contributed by atoms with Gasteiger partial charge in [-0.05, 0) is 19.8 Å². The second kappa shape index (κ2) is 10.9. The van der Waals surface area contributed by atoms with Gasteiger partial charge in [-0.1, -0.05) is 20.8 Å². The molecule has 1 amide bonds. The highest BCUT2D eigenvalue weighted by molar-refractivity contribution is 7.09. The van der Waals surface area contributed by atoms with Crippen molar-refractivity contribution in [2.45, 2.75) is 58.4 Å². The van der Waals surface area contributed by atoms with Crippen LogP contribution in [0.15, 0.2) is 10.4 Å². The normalized spacial score (nSPS) is 16.7. The van der Waals surface area contributed by atoms with Gasteiger partial charge in [0.25, 0.3) is 0 Å². The van der Waals surface area contributed by atoms with Crippen LogP contribution in [0.3, 0.4) is 0 Å². The van der Waals surface area contributed by atoms with Crippen LogP contribution >= 0.6 is 11.3 Å². The molecule has 2 heterocycles. The number of hydrogen-bond acceptors (Lipinski definition) is 5. The Morgan fingerprint density at radius 3 is 2.59 bits per heavy atom. The van der Waals surface area contributed by atoms with Crippen molar-refractivity contribution in [3.05, 3.63) is 16.1 Å². The van der Waals surface area contributed by atoms with E-state index in [0.29, 0.717) is 12.6 Å². The lowest BCUT2D eigenvalue weighted by atomic mass is 9.93. The largest absolute Gasteiger partial charge is 0.357 e. The molecule has 164 valence electrons. The average molecular weight is 423 g/mol. The maximum Gasteiger partial charge on any atom is 0.236 e. The fourth-order valence-corrected chi connectivity index (χ4v) is 4.13. The minimum Gasteiger partial charge on any atom is -0.357 e. The van der Waals surface area contributed by atoms with E-state index >= 15 is 0 Å². The van der Waals surface area contributed by atoms with Gasteiger partial charge in [0, 0.05) is 63.5 Å². The summed E-state index contributed by atoms with van der Waals surface area (Å²) in [6, 6.07) is 0.394. The van der Waals surface area contributed by atoms with Gasteiger partial charge in [-0.25, -0.2) is 4.98 Å². The molecule has 0 unspecified atom stereocenters. The van der Waals surface area contributed by atoms with Crippen molar-refractivity contribution in [1.29, 1.82) is 0 Å². The van der Waals surface area contributed by atoms with Gasteiger partial charge in [0.05, 0.1) is 17.2 Å². The third-order valence-electron chi connectivity index (χ3n) is 5.05. The van der Waals surface area contributed by atoms with Gasteiger partial charge < -0.3 is 15.5 Å². The van der Waals surface area contributed by atoms with Crippen LogP contribution in [0, 0.1) is 0 Å². The molecule has 0 aromatic carbocycles. The fourth-order valence-electron chi connectivity index (χ4n) is 3.12. The molecule has 1 saturated heterocycles. The number of hydrogen-bond donors (Lipinski definition) is 2. The van der Waals surface area contributed by atoms with E-state index < -0.39 is 0 Å². The number of thiazole rings is 1. The van der Waals surface area contributed by atoms with E-state index in [1.54, 1.807) is 16.2 Å². The molecule has 8 heteroatoms. The number of likely N-dealkylation sites (tertiary alicyclic amines) is 1. The molecule has 1 fully saturated rings. The number of nitrogens with one attached hydrogen (secondary N) is 2. The van der Waals surface area contributed by atoms with Crippen molar-refractivity contribution in [2.24, 2.45) is 4.99 Å². The second-order valence-corrected chi connectivity index (χ2v) is 9.81. The van der Waals surface area contributed by atoms with Gasteiger partial charge in [-0.15, -0.1) is 11.3 Å². The van der Waals surface area contributed by atoms with Gasteiger partial charge in [-0.3, -0.25) is 14.7 Å². The van der Waals surface area contributed by atoms with E-state index in [9.17, 15) is 4.79 Å². The molecule has 7 nitrogen and oxygen atoms in total. The summed E-state index contributed by atoms with van der Waals surface area (Å²) in [5.74, 6) is 1.05. The van der Waals surface area contributed by atoms with Crippen LogP contribution in [-0.2, 0) is 16.6 Å². The Morgan fingerprint density at radius 2 is 2.03 bits per heavy atom. The zero-order valence-electron chi connectivity index (χ0n) is 18.9. The molecular formula is C21H38N6OS. The summed E-state index contributed by atoms with van der Waals surface area (Å²) in [5, 5.41) is 10.2. The lowest BCUT2D eigenvalue weighted by molar-refractivity contribution is -0.130. The monoisotopic (exact) mass is 422 g/mol. The van der Waals surface area contributed by atoms with Gasteiger partial charge in [0.1, 0.15) is 0 Å². The van der Waals surface area contributed by atoms with E-state index in [1.165, 1.54) is 0 Å². The Hall–Kier alpha value is -1.67. The number of nitrogens with zero attached hydrogens (tertiary/aromatic N) is 4. The lowest BCUT2D eigenvalue weighted by Crippen LogP contribution is -2.50. The molecule has 1 aromatic rings. The maximum atomic E-state index is 11.9. The predicted molar refractivity (Wildman–Crippen MR) is 122 cm³/mol. The van der Waals surface area contributed by atoms with Gasteiger partial charge in [0.15, 0.2) is 5.96 Å². The smallest absolute Gasteiger partial charge is 0.236 e. The van der Waals surface area contributed by atoms with E-state index in [2.05, 4.69) is 48.6 Å². The Bertz CT molecular complexity index is 671. The number of guanidine groups is 1. The highest BCUT2D eigenvalue weighted by Crippen LogP contribution is 2.24. The first kappa shape index (κ1) is 23.6. The van der Waals surface area contributed by atoms with Crippen molar-refractivity contribution in [3.8, 4) is 0 Å². The molecule has 0 aliphatic carbocycles. The molecule has 2 N–H and O–H groups in total. The zero-order chi connectivity index (χ0) is 21.4. The van der Waals surface area contributed by atoms with Crippen LogP contribution < -0.4 is 10.6 Å². The number of piperidine rings is 1. The number of amides is 1. The summed E-state index contributed by atoms with van der Waals surface area (Å²) < 4.78 is 0. The van der Waals surface area contributed by atoms with Gasteiger partial charge in [0.2, 0.25) is 5.91 Å². The summed E-state index contributed by atoms with van der Waals surface area (Å²) in [4.78, 5) is 25.3. The fraction of sp³-hybridized carbons (Fsp3) is 0.762. The van der Waals surface area contributed by atoms with Crippen molar-refractivity contribution in [3.63, 3.8) is 0 Å². The number of rotatable bonds is 7. The van der Waals surface area contributed by atoms with Crippen molar-refractivity contribution in [1.82, 2.24) is 25.4 Å². The predicted octanol–water partition coefficient (Wildman–Crippen LogP) is 2.09. The number of aromatic nitrogens is 1. The highest BCUT2D eigenvalue weighted by Gasteiger charge is 2.22. The molecule has 1 aliphatic rings. The molecule has 1 aromatic heterocycles. The Balaban J connectivity index is 1.80. The third kappa shape index (κ3) is 7.93. The van der Waals surface area contributed by atoms with Crippen LogP contribution in [0.2, 0.25) is 0 Å². The van der Waals surface area contributed by atoms with Crippen molar-refractivity contribution >= 4 is 23.2 Å². The highest BCUT2D eigenvalue weighted by atomic mass is 32.1. The van der Waals surface area contributed by atoms with Crippen molar-refractivity contribution in [2.75, 3.05) is 46.8 Å². The average Bonchev–Trinajstić information content (AvgIpc) is 3.12. The number of likely N-dealkylation sites (N-methyl/N-ethyl adjacent to an activating group) is 1.